The van der Waals surface area contributed by atoms with Crippen molar-refractivity contribution in [2.45, 2.75) is 6.92 Å². The van der Waals surface area contributed by atoms with Gasteiger partial charge in [0.2, 0.25) is 0 Å². The molecule has 0 radical (unpaired) electrons. The first-order chi connectivity index (χ1) is 10.3. The predicted octanol–water partition coefficient (Wildman–Crippen LogP) is 3.94. The van der Waals surface area contributed by atoms with Crippen molar-refractivity contribution in [3.05, 3.63) is 59.3 Å². The van der Waals surface area contributed by atoms with Crippen molar-refractivity contribution in [2.24, 2.45) is 0 Å². The monoisotopic (exact) mass is 292 g/mol. The highest BCUT2D eigenvalue weighted by molar-refractivity contribution is 7.71. The van der Waals surface area contributed by atoms with Crippen LogP contribution in [0.15, 0.2) is 48.9 Å². The van der Waals surface area contributed by atoms with Crippen LogP contribution in [-0.4, -0.2) is 19.5 Å². The summed E-state index contributed by atoms with van der Waals surface area (Å²) in [6, 6.07) is 10.1. The summed E-state index contributed by atoms with van der Waals surface area (Å²) in [4.78, 5) is 12.0. The second kappa shape index (κ2) is 4.49. The molecule has 0 bridgehead atoms. The lowest BCUT2D eigenvalue weighted by molar-refractivity contribution is 1.05. The first-order valence-corrected chi connectivity index (χ1v) is 7.06. The zero-order chi connectivity index (χ0) is 14.4. The number of benzene rings is 1. The second-order valence-corrected chi connectivity index (χ2v) is 5.35. The van der Waals surface area contributed by atoms with Crippen molar-refractivity contribution in [2.75, 3.05) is 0 Å². The lowest BCUT2D eigenvalue weighted by Crippen LogP contribution is -1.97. The van der Waals surface area contributed by atoms with E-state index in [1.807, 2.05) is 42.0 Å². The summed E-state index contributed by atoms with van der Waals surface area (Å²) >= 11 is 5.50. The molecule has 3 aromatic heterocycles. The number of nitrogens with zero attached hydrogens (tertiary/aromatic N) is 3. The van der Waals surface area contributed by atoms with Crippen LogP contribution >= 0.6 is 12.2 Å². The molecule has 0 aliphatic heterocycles. The van der Waals surface area contributed by atoms with Crippen molar-refractivity contribution in [1.82, 2.24) is 19.5 Å². The molecule has 21 heavy (non-hydrogen) atoms. The van der Waals surface area contributed by atoms with Gasteiger partial charge in [0.25, 0.3) is 0 Å². The quantitative estimate of drug-likeness (QED) is 0.540. The van der Waals surface area contributed by atoms with Gasteiger partial charge in [0.05, 0.1) is 11.2 Å². The van der Waals surface area contributed by atoms with Crippen LogP contribution in [0.1, 0.15) is 5.56 Å². The largest absolute Gasteiger partial charge is 0.329 e. The third kappa shape index (κ3) is 1.78. The number of hydrogen-bond acceptors (Lipinski definition) is 3. The number of aromatic nitrogens is 4. The van der Waals surface area contributed by atoms with E-state index in [0.29, 0.717) is 4.77 Å². The third-order valence-electron chi connectivity index (χ3n) is 3.69. The second-order valence-electron chi connectivity index (χ2n) is 4.97. The Kier molecular flexibility index (Phi) is 2.62. The Morgan fingerprint density at radius 3 is 2.95 bits per heavy atom. The third-order valence-corrected chi connectivity index (χ3v) is 3.97. The van der Waals surface area contributed by atoms with Gasteiger partial charge in [0.15, 0.2) is 10.4 Å². The molecular formula is C16H12N4S. The van der Waals surface area contributed by atoms with Gasteiger partial charge in [0.1, 0.15) is 0 Å². The maximum atomic E-state index is 5.50. The summed E-state index contributed by atoms with van der Waals surface area (Å²) in [5.41, 5.74) is 3.94. The molecule has 4 aromatic rings. The summed E-state index contributed by atoms with van der Waals surface area (Å²) in [5.74, 6) is 0. The molecule has 1 N–H and O–H groups in total. The molecule has 0 atom stereocenters. The van der Waals surface area contributed by atoms with E-state index in [1.165, 1.54) is 0 Å². The van der Waals surface area contributed by atoms with E-state index in [4.69, 9.17) is 12.2 Å². The summed E-state index contributed by atoms with van der Waals surface area (Å²) in [5, 5.41) is 2.19. The van der Waals surface area contributed by atoms with Gasteiger partial charge in [-0.1, -0.05) is 12.1 Å². The fourth-order valence-electron chi connectivity index (χ4n) is 2.64. The lowest BCUT2D eigenvalue weighted by atomic mass is 10.1. The van der Waals surface area contributed by atoms with Gasteiger partial charge >= 0.3 is 0 Å². The first-order valence-electron chi connectivity index (χ1n) is 6.65. The minimum absolute atomic E-state index is 0.642. The zero-order valence-corrected chi connectivity index (χ0v) is 12.2. The number of fused-ring (bicyclic) bond motifs is 2. The molecular weight excluding hydrogens is 280 g/mol. The number of aryl methyl sites for hydroxylation is 1. The Morgan fingerprint density at radius 2 is 2.05 bits per heavy atom. The Bertz CT molecular complexity index is 1020. The standard InChI is InChI=1S/C16H12N4S/c1-10-5-8-18-15-14(10)19-16(21)20(15)13-4-2-3-11-6-7-17-9-12(11)13/h2-9H,1H3,(H,19,21). The molecule has 4 rings (SSSR count). The number of nitrogens with one attached hydrogen (secondary N) is 1. The van der Waals surface area contributed by atoms with E-state index >= 15 is 0 Å². The van der Waals surface area contributed by atoms with E-state index in [-0.39, 0.29) is 0 Å². The number of hydrogen-bond donors (Lipinski definition) is 1. The predicted molar refractivity (Wildman–Crippen MR) is 86.3 cm³/mol. The number of rotatable bonds is 1. The van der Waals surface area contributed by atoms with Crippen LogP contribution in [0.5, 0.6) is 0 Å². The summed E-state index contributed by atoms with van der Waals surface area (Å²) in [6.45, 7) is 2.05. The summed E-state index contributed by atoms with van der Waals surface area (Å²) < 4.78 is 2.62. The van der Waals surface area contributed by atoms with Gasteiger partial charge in [-0.25, -0.2) is 4.98 Å². The van der Waals surface area contributed by atoms with Gasteiger partial charge in [-0.15, -0.1) is 0 Å². The number of pyridine rings is 2. The van der Waals surface area contributed by atoms with Crippen molar-refractivity contribution < 1.29 is 0 Å². The van der Waals surface area contributed by atoms with Crippen LogP contribution in [0.4, 0.5) is 0 Å². The number of aromatic amines is 1. The molecule has 4 nitrogen and oxygen atoms in total. The Balaban J connectivity index is 2.17. The van der Waals surface area contributed by atoms with Crippen molar-refractivity contribution >= 4 is 34.2 Å². The maximum Gasteiger partial charge on any atom is 0.184 e. The Morgan fingerprint density at radius 1 is 1.14 bits per heavy atom. The van der Waals surface area contributed by atoms with E-state index in [0.717, 1.165) is 33.2 Å². The molecule has 0 unspecified atom stereocenters. The maximum absolute atomic E-state index is 5.50. The van der Waals surface area contributed by atoms with Crippen LogP contribution in [-0.2, 0) is 0 Å². The van der Waals surface area contributed by atoms with E-state index in [2.05, 4.69) is 21.0 Å². The smallest absolute Gasteiger partial charge is 0.184 e. The Hall–Kier alpha value is -2.53. The van der Waals surface area contributed by atoms with E-state index < -0.39 is 0 Å². The highest BCUT2D eigenvalue weighted by atomic mass is 32.1. The normalized spacial score (nSPS) is 11.3. The number of imidazole rings is 1. The van der Waals surface area contributed by atoms with Crippen LogP contribution in [0.2, 0.25) is 0 Å². The number of H-pyrrole nitrogens is 1. The molecule has 1 aromatic carbocycles. The molecule has 0 amide bonds. The van der Waals surface area contributed by atoms with E-state index in [1.54, 1.807) is 12.4 Å². The fourth-order valence-corrected chi connectivity index (χ4v) is 2.93. The fraction of sp³-hybridized carbons (Fsp3) is 0.0625. The molecule has 0 saturated carbocycles. The molecule has 0 spiro atoms. The van der Waals surface area contributed by atoms with Gasteiger partial charge in [0, 0.05) is 24.0 Å². The highest BCUT2D eigenvalue weighted by Crippen LogP contribution is 2.25. The van der Waals surface area contributed by atoms with Crippen LogP contribution < -0.4 is 0 Å². The van der Waals surface area contributed by atoms with Gasteiger partial charge in [-0.05, 0) is 48.3 Å². The molecule has 0 saturated heterocycles. The average molecular weight is 292 g/mol. The van der Waals surface area contributed by atoms with Gasteiger partial charge < -0.3 is 4.98 Å². The molecule has 0 aliphatic carbocycles. The van der Waals surface area contributed by atoms with Gasteiger partial charge in [-0.3, -0.25) is 9.55 Å². The van der Waals surface area contributed by atoms with Gasteiger partial charge in [-0.2, -0.15) is 0 Å². The minimum Gasteiger partial charge on any atom is -0.329 e. The molecule has 3 heterocycles. The molecule has 0 fully saturated rings. The van der Waals surface area contributed by atoms with Crippen LogP contribution in [0, 0.1) is 11.7 Å². The lowest BCUT2D eigenvalue weighted by Gasteiger charge is -2.08. The topological polar surface area (TPSA) is 46.5 Å². The average Bonchev–Trinajstić information content (AvgIpc) is 2.84. The van der Waals surface area contributed by atoms with Crippen molar-refractivity contribution in [3.8, 4) is 5.69 Å². The zero-order valence-electron chi connectivity index (χ0n) is 11.4. The van der Waals surface area contributed by atoms with E-state index in [9.17, 15) is 0 Å². The SMILES string of the molecule is Cc1ccnc2c1[nH]c(=S)n2-c1cccc2ccncc12. The van der Waals surface area contributed by atoms with Crippen LogP contribution in [0.3, 0.4) is 0 Å². The minimum atomic E-state index is 0.642. The molecule has 102 valence electrons. The van der Waals surface area contributed by atoms with Crippen molar-refractivity contribution in [3.63, 3.8) is 0 Å². The summed E-state index contributed by atoms with van der Waals surface area (Å²) in [6.07, 6.45) is 5.46. The first kappa shape index (κ1) is 12.2. The highest BCUT2D eigenvalue weighted by Gasteiger charge is 2.11. The molecule has 0 aliphatic rings. The van der Waals surface area contributed by atoms with Crippen LogP contribution in [0.25, 0.3) is 27.6 Å². The van der Waals surface area contributed by atoms with Crippen molar-refractivity contribution in [1.29, 1.82) is 0 Å². The summed E-state index contributed by atoms with van der Waals surface area (Å²) in [7, 11) is 0. The molecule has 5 heteroatoms. The Labute approximate surface area is 126 Å².